The SMILES string of the molecule is CCOC(=O)c1ccccc1N(CC)C(=O)c1oc(Br)cc1C. The Kier molecular flexibility index (Phi) is 5.60. The lowest BCUT2D eigenvalue weighted by atomic mass is 10.1. The first-order valence-electron chi connectivity index (χ1n) is 7.33. The van der Waals surface area contributed by atoms with Gasteiger partial charge < -0.3 is 14.1 Å². The Morgan fingerprint density at radius 2 is 1.96 bits per heavy atom. The second-order valence-corrected chi connectivity index (χ2v) is 5.63. The molecular formula is C17H18BrNO4. The quantitative estimate of drug-likeness (QED) is 0.730. The number of aryl methyl sites for hydroxylation is 1. The number of carbonyl (C=O) groups excluding carboxylic acids is 2. The number of benzene rings is 1. The fourth-order valence-corrected chi connectivity index (χ4v) is 2.80. The molecule has 0 fully saturated rings. The van der Waals surface area contributed by atoms with Gasteiger partial charge in [-0.3, -0.25) is 4.79 Å². The first-order valence-corrected chi connectivity index (χ1v) is 8.12. The van der Waals surface area contributed by atoms with E-state index in [-0.39, 0.29) is 18.3 Å². The molecule has 6 heteroatoms. The number of halogens is 1. The Hall–Kier alpha value is -2.08. The smallest absolute Gasteiger partial charge is 0.340 e. The maximum atomic E-state index is 12.8. The third-order valence-electron chi connectivity index (χ3n) is 3.33. The first kappa shape index (κ1) is 17.3. The lowest BCUT2D eigenvalue weighted by Gasteiger charge is -2.22. The molecule has 0 unspecified atom stereocenters. The molecule has 122 valence electrons. The van der Waals surface area contributed by atoms with Gasteiger partial charge in [-0.2, -0.15) is 0 Å². The van der Waals surface area contributed by atoms with Crippen molar-refractivity contribution in [1.29, 1.82) is 0 Å². The fraction of sp³-hybridized carbons (Fsp3) is 0.294. The molecule has 2 rings (SSSR count). The summed E-state index contributed by atoms with van der Waals surface area (Å²) in [6.45, 7) is 6.05. The zero-order chi connectivity index (χ0) is 17.0. The third-order valence-corrected chi connectivity index (χ3v) is 3.72. The number of ether oxygens (including phenoxy) is 1. The summed E-state index contributed by atoms with van der Waals surface area (Å²) in [5, 5.41) is 0. The number of esters is 1. The maximum absolute atomic E-state index is 12.8. The molecular weight excluding hydrogens is 362 g/mol. The summed E-state index contributed by atoms with van der Waals surface area (Å²) in [6.07, 6.45) is 0. The van der Waals surface area contributed by atoms with Gasteiger partial charge in [0, 0.05) is 12.1 Å². The summed E-state index contributed by atoms with van der Waals surface area (Å²) in [5.41, 5.74) is 1.59. The highest BCUT2D eigenvalue weighted by atomic mass is 79.9. The topological polar surface area (TPSA) is 59.8 Å². The summed E-state index contributed by atoms with van der Waals surface area (Å²) < 4.78 is 11.0. The predicted molar refractivity (Wildman–Crippen MR) is 90.9 cm³/mol. The average molecular weight is 380 g/mol. The van der Waals surface area contributed by atoms with Crippen molar-refractivity contribution in [2.45, 2.75) is 20.8 Å². The number of furan rings is 1. The van der Waals surface area contributed by atoms with Crippen molar-refractivity contribution in [2.24, 2.45) is 0 Å². The van der Waals surface area contributed by atoms with Crippen molar-refractivity contribution in [3.63, 3.8) is 0 Å². The Morgan fingerprint density at radius 1 is 1.26 bits per heavy atom. The molecule has 0 bridgehead atoms. The largest absolute Gasteiger partial charge is 0.462 e. The molecule has 0 aliphatic heterocycles. The van der Waals surface area contributed by atoms with E-state index in [0.717, 1.165) is 5.56 Å². The van der Waals surface area contributed by atoms with Crippen LogP contribution in [0.1, 0.15) is 40.3 Å². The lowest BCUT2D eigenvalue weighted by molar-refractivity contribution is 0.0527. The van der Waals surface area contributed by atoms with Gasteiger partial charge >= 0.3 is 5.97 Å². The minimum atomic E-state index is -0.452. The number of carbonyl (C=O) groups is 2. The van der Waals surface area contributed by atoms with Crippen LogP contribution in [-0.2, 0) is 4.74 Å². The molecule has 2 aromatic rings. The highest BCUT2D eigenvalue weighted by Gasteiger charge is 2.25. The Labute approximate surface area is 143 Å². The van der Waals surface area contributed by atoms with Crippen LogP contribution in [0.3, 0.4) is 0 Å². The van der Waals surface area contributed by atoms with Crippen molar-refractivity contribution in [3.05, 3.63) is 51.9 Å². The van der Waals surface area contributed by atoms with E-state index in [1.54, 1.807) is 44.2 Å². The molecule has 0 aliphatic rings. The monoisotopic (exact) mass is 379 g/mol. The summed E-state index contributed by atoms with van der Waals surface area (Å²) >= 11 is 3.23. The number of nitrogens with zero attached hydrogens (tertiary/aromatic N) is 1. The lowest BCUT2D eigenvalue weighted by Crippen LogP contribution is -2.32. The van der Waals surface area contributed by atoms with Gasteiger partial charge in [0.1, 0.15) is 0 Å². The van der Waals surface area contributed by atoms with Gasteiger partial charge in [-0.05, 0) is 54.9 Å². The number of para-hydroxylation sites is 1. The molecule has 1 aromatic heterocycles. The van der Waals surface area contributed by atoms with Crippen molar-refractivity contribution in [1.82, 2.24) is 0 Å². The van der Waals surface area contributed by atoms with Gasteiger partial charge in [0.2, 0.25) is 0 Å². The van der Waals surface area contributed by atoms with Gasteiger partial charge in [0.15, 0.2) is 10.4 Å². The van der Waals surface area contributed by atoms with Crippen LogP contribution in [-0.4, -0.2) is 25.0 Å². The number of anilines is 1. The number of rotatable bonds is 5. The van der Waals surface area contributed by atoms with Gasteiger partial charge in [-0.15, -0.1) is 0 Å². The summed E-state index contributed by atoms with van der Waals surface area (Å²) in [5.74, 6) is -0.503. The molecule has 5 nitrogen and oxygen atoms in total. The van der Waals surface area contributed by atoms with Crippen LogP contribution in [0.2, 0.25) is 0 Å². The zero-order valence-electron chi connectivity index (χ0n) is 13.3. The Balaban J connectivity index is 2.44. The second kappa shape index (κ2) is 7.46. The van der Waals surface area contributed by atoms with Gasteiger partial charge in [-0.25, -0.2) is 4.79 Å². The maximum Gasteiger partial charge on any atom is 0.340 e. The summed E-state index contributed by atoms with van der Waals surface area (Å²) in [7, 11) is 0. The zero-order valence-corrected chi connectivity index (χ0v) is 14.8. The molecule has 0 radical (unpaired) electrons. The van der Waals surface area contributed by atoms with Crippen LogP contribution in [0, 0.1) is 6.92 Å². The second-order valence-electron chi connectivity index (χ2n) is 4.85. The highest BCUT2D eigenvalue weighted by molar-refractivity contribution is 9.10. The highest BCUT2D eigenvalue weighted by Crippen LogP contribution is 2.26. The molecule has 0 spiro atoms. The van der Waals surface area contributed by atoms with Gasteiger partial charge in [0.05, 0.1) is 17.9 Å². The van der Waals surface area contributed by atoms with Crippen LogP contribution in [0.5, 0.6) is 0 Å². The molecule has 1 heterocycles. The van der Waals surface area contributed by atoms with Crippen molar-refractivity contribution in [3.8, 4) is 0 Å². The molecule has 0 N–H and O–H groups in total. The van der Waals surface area contributed by atoms with Crippen LogP contribution < -0.4 is 4.90 Å². The van der Waals surface area contributed by atoms with Crippen LogP contribution in [0.25, 0.3) is 0 Å². The fourth-order valence-electron chi connectivity index (χ4n) is 2.29. The molecule has 0 saturated heterocycles. The van der Waals surface area contributed by atoms with E-state index < -0.39 is 5.97 Å². The van der Waals surface area contributed by atoms with E-state index in [1.807, 2.05) is 6.92 Å². The van der Waals surface area contributed by atoms with E-state index in [1.165, 1.54) is 4.90 Å². The standard InChI is InChI=1S/C17H18BrNO4/c1-4-19(16(20)15-11(3)10-14(18)23-15)13-9-7-6-8-12(13)17(21)22-5-2/h6-10H,4-5H2,1-3H3. The van der Waals surface area contributed by atoms with Crippen molar-refractivity contribution >= 4 is 33.5 Å². The van der Waals surface area contributed by atoms with E-state index in [2.05, 4.69) is 15.9 Å². The van der Waals surface area contributed by atoms with Crippen molar-refractivity contribution in [2.75, 3.05) is 18.1 Å². The van der Waals surface area contributed by atoms with Crippen molar-refractivity contribution < 1.29 is 18.7 Å². The minimum absolute atomic E-state index is 0.248. The van der Waals surface area contributed by atoms with E-state index in [9.17, 15) is 9.59 Å². The normalized spacial score (nSPS) is 10.4. The van der Waals surface area contributed by atoms with E-state index >= 15 is 0 Å². The third kappa shape index (κ3) is 3.64. The summed E-state index contributed by atoms with van der Waals surface area (Å²) in [4.78, 5) is 26.4. The van der Waals surface area contributed by atoms with Crippen LogP contribution in [0.4, 0.5) is 5.69 Å². The first-order chi connectivity index (χ1) is 11.0. The number of hydrogen-bond donors (Lipinski definition) is 0. The van der Waals surface area contributed by atoms with Gasteiger partial charge in [-0.1, -0.05) is 12.1 Å². The Morgan fingerprint density at radius 3 is 2.52 bits per heavy atom. The summed E-state index contributed by atoms with van der Waals surface area (Å²) in [6, 6.07) is 8.62. The van der Waals surface area contributed by atoms with E-state index in [0.29, 0.717) is 22.5 Å². The molecule has 1 amide bonds. The molecule has 0 aliphatic carbocycles. The average Bonchev–Trinajstić information content (AvgIpc) is 2.87. The van der Waals surface area contributed by atoms with Crippen LogP contribution in [0.15, 0.2) is 39.4 Å². The number of hydrogen-bond acceptors (Lipinski definition) is 4. The minimum Gasteiger partial charge on any atom is -0.462 e. The predicted octanol–water partition coefficient (Wildman–Crippen LogP) is 4.19. The molecule has 23 heavy (non-hydrogen) atoms. The molecule has 1 aromatic carbocycles. The molecule has 0 atom stereocenters. The van der Waals surface area contributed by atoms with E-state index in [4.69, 9.17) is 9.15 Å². The van der Waals surface area contributed by atoms with Gasteiger partial charge in [0.25, 0.3) is 5.91 Å². The van der Waals surface area contributed by atoms with Crippen LogP contribution >= 0.6 is 15.9 Å². The Bertz CT molecular complexity index is 723. The molecule has 0 saturated carbocycles. The number of amides is 1.